The first kappa shape index (κ1) is 33.3. The van der Waals surface area contributed by atoms with Gasteiger partial charge in [-0.25, -0.2) is 19.3 Å². The molecular formula is C39H41N9O4. The SMILES string of the molecule is C=CCn1c(=O)c2cnc(Nc3ccc(N4CCN(c5ccc(C6CCC(=O)NC6=O)cc5)CC4)cc3)nc2n1-c1ccc2c(n1)[C@@](O)(CC)CC2. The van der Waals surface area contributed by atoms with Crippen LogP contribution in [0.15, 0.2) is 84.3 Å². The van der Waals surface area contributed by atoms with Gasteiger partial charge in [-0.3, -0.25) is 19.7 Å². The topological polar surface area (TPSA) is 151 Å². The van der Waals surface area contributed by atoms with Gasteiger partial charge in [-0.1, -0.05) is 31.2 Å². The maximum Gasteiger partial charge on any atom is 0.278 e. The van der Waals surface area contributed by atoms with Crippen molar-refractivity contribution in [1.82, 2.24) is 29.6 Å². The van der Waals surface area contributed by atoms with Gasteiger partial charge in [-0.15, -0.1) is 6.58 Å². The van der Waals surface area contributed by atoms with E-state index >= 15 is 0 Å². The number of pyridine rings is 1. The van der Waals surface area contributed by atoms with E-state index in [2.05, 4.69) is 56.3 Å². The number of hydrogen-bond acceptors (Lipinski definition) is 10. The first-order valence-electron chi connectivity index (χ1n) is 17.9. The van der Waals surface area contributed by atoms with Gasteiger partial charge in [0, 0.05) is 55.9 Å². The summed E-state index contributed by atoms with van der Waals surface area (Å²) in [5.74, 6) is 0.146. The summed E-state index contributed by atoms with van der Waals surface area (Å²) < 4.78 is 3.23. The Kier molecular flexibility index (Phi) is 8.58. The van der Waals surface area contributed by atoms with Crippen molar-refractivity contribution in [2.45, 2.75) is 57.1 Å². The summed E-state index contributed by atoms with van der Waals surface area (Å²) in [6.45, 7) is 9.47. The molecule has 5 aromatic rings. The van der Waals surface area contributed by atoms with Crippen LogP contribution in [0.5, 0.6) is 0 Å². The zero-order valence-electron chi connectivity index (χ0n) is 29.1. The van der Waals surface area contributed by atoms with Crippen LogP contribution in [-0.2, 0) is 28.2 Å². The number of allylic oxidation sites excluding steroid dienone is 1. The lowest BCUT2D eigenvalue weighted by molar-refractivity contribution is -0.134. The van der Waals surface area contributed by atoms with Gasteiger partial charge in [0.2, 0.25) is 17.8 Å². The molecule has 0 radical (unpaired) electrons. The van der Waals surface area contributed by atoms with Crippen molar-refractivity contribution in [2.24, 2.45) is 0 Å². The highest BCUT2D eigenvalue weighted by molar-refractivity contribution is 6.01. The Morgan fingerprint density at radius 3 is 2.29 bits per heavy atom. The molecule has 0 spiro atoms. The van der Waals surface area contributed by atoms with Gasteiger partial charge in [0.25, 0.3) is 5.56 Å². The number of hydrogen-bond donors (Lipinski definition) is 3. The van der Waals surface area contributed by atoms with Gasteiger partial charge in [-0.05, 0) is 79.3 Å². The van der Waals surface area contributed by atoms with Gasteiger partial charge < -0.3 is 20.2 Å². The Bertz CT molecular complexity index is 2240. The average Bonchev–Trinajstić information content (AvgIpc) is 3.64. The third-order valence-electron chi connectivity index (χ3n) is 10.7. The third kappa shape index (κ3) is 6.00. The van der Waals surface area contributed by atoms with E-state index < -0.39 is 5.60 Å². The van der Waals surface area contributed by atoms with Crippen LogP contribution in [0.25, 0.3) is 16.9 Å². The predicted molar refractivity (Wildman–Crippen MR) is 199 cm³/mol. The van der Waals surface area contributed by atoms with E-state index in [-0.39, 0.29) is 29.8 Å². The molecule has 13 nitrogen and oxygen atoms in total. The van der Waals surface area contributed by atoms with E-state index in [0.717, 1.165) is 60.8 Å². The fraction of sp³-hybridized carbons (Fsp3) is 0.333. The average molecular weight is 700 g/mol. The highest BCUT2D eigenvalue weighted by Gasteiger charge is 2.37. The van der Waals surface area contributed by atoms with Gasteiger partial charge in [0.1, 0.15) is 11.0 Å². The van der Waals surface area contributed by atoms with E-state index in [9.17, 15) is 19.5 Å². The number of anilines is 4. The van der Waals surface area contributed by atoms with Crippen molar-refractivity contribution in [1.29, 1.82) is 0 Å². The summed E-state index contributed by atoms with van der Waals surface area (Å²) in [5.41, 5.74) is 4.82. The minimum atomic E-state index is -0.993. The molecule has 2 fully saturated rings. The number of aryl methyl sites for hydroxylation is 1. The van der Waals surface area contributed by atoms with Gasteiger partial charge >= 0.3 is 0 Å². The Labute approximate surface area is 300 Å². The first-order valence-corrected chi connectivity index (χ1v) is 17.9. The normalized spacial score (nSPS) is 20.2. The van der Waals surface area contributed by atoms with E-state index in [1.165, 1.54) is 10.9 Å². The maximum atomic E-state index is 13.5. The fourth-order valence-corrected chi connectivity index (χ4v) is 7.65. The molecule has 1 aliphatic carbocycles. The minimum Gasteiger partial charge on any atom is -0.384 e. The highest BCUT2D eigenvalue weighted by Crippen LogP contribution is 2.38. The van der Waals surface area contributed by atoms with Gasteiger partial charge in [0.15, 0.2) is 11.5 Å². The highest BCUT2D eigenvalue weighted by atomic mass is 16.3. The molecule has 3 aliphatic rings. The number of aromatic nitrogens is 5. The van der Waals surface area contributed by atoms with Crippen LogP contribution in [0.2, 0.25) is 0 Å². The molecule has 2 saturated heterocycles. The van der Waals surface area contributed by atoms with Gasteiger partial charge in [0.05, 0.1) is 18.2 Å². The van der Waals surface area contributed by atoms with Crippen LogP contribution in [0.4, 0.5) is 23.0 Å². The lowest BCUT2D eigenvalue weighted by Gasteiger charge is -2.37. The lowest BCUT2D eigenvalue weighted by Crippen LogP contribution is -2.46. The van der Waals surface area contributed by atoms with Crippen molar-refractivity contribution < 1.29 is 14.7 Å². The van der Waals surface area contributed by atoms with Crippen molar-refractivity contribution in [3.8, 4) is 5.82 Å². The number of nitrogens with zero attached hydrogens (tertiary/aromatic N) is 7. The molecule has 8 rings (SSSR count). The van der Waals surface area contributed by atoms with Crippen LogP contribution in [0.1, 0.15) is 55.3 Å². The van der Waals surface area contributed by atoms with Crippen molar-refractivity contribution in [2.75, 3.05) is 41.3 Å². The molecule has 2 atom stereocenters. The summed E-state index contributed by atoms with van der Waals surface area (Å²) in [5, 5.41) is 17.3. The number of imide groups is 1. The van der Waals surface area contributed by atoms with Crippen molar-refractivity contribution in [3.63, 3.8) is 0 Å². The molecule has 3 aromatic heterocycles. The summed E-state index contributed by atoms with van der Waals surface area (Å²) in [7, 11) is 0. The van der Waals surface area contributed by atoms with Crippen LogP contribution < -0.4 is 26.0 Å². The lowest BCUT2D eigenvalue weighted by atomic mass is 9.90. The minimum absolute atomic E-state index is 0.200. The maximum absolute atomic E-state index is 13.5. The molecule has 3 N–H and O–H groups in total. The number of piperazine rings is 1. The largest absolute Gasteiger partial charge is 0.384 e. The summed E-state index contributed by atoms with van der Waals surface area (Å²) in [6.07, 6.45) is 6.04. The standard InChI is InChI=1S/C39H41N9O4/c1-3-19-47-37(51)31-24-40-38(44-35(31)48(47)32-15-7-26-17-18-39(52,4-2)34(26)42-32)41-27-8-12-29(13-9-27)46-22-20-45(21-23-46)28-10-5-25(6-11-28)30-14-16-33(49)43-36(30)50/h3,5-13,15,24,30,52H,1,4,14,16-23H2,2H3,(H,40,41,44)(H,43,49,50)/t30?,39-/m1/s1. The first-order chi connectivity index (χ1) is 25.2. The number of piperidine rings is 1. The molecule has 1 unspecified atom stereocenters. The second-order valence-corrected chi connectivity index (χ2v) is 13.7. The number of rotatable bonds is 9. The van der Waals surface area contributed by atoms with Crippen LogP contribution in [-0.4, -0.2) is 67.4 Å². The predicted octanol–water partition coefficient (Wildman–Crippen LogP) is 4.30. The Morgan fingerprint density at radius 2 is 1.63 bits per heavy atom. The van der Waals surface area contributed by atoms with E-state index in [1.54, 1.807) is 10.8 Å². The van der Waals surface area contributed by atoms with Crippen LogP contribution in [0.3, 0.4) is 0 Å². The molecule has 13 heteroatoms. The van der Waals surface area contributed by atoms with Crippen LogP contribution in [0, 0.1) is 0 Å². The van der Waals surface area contributed by atoms with Crippen molar-refractivity contribution in [3.05, 3.63) is 107 Å². The van der Waals surface area contributed by atoms with E-state index in [0.29, 0.717) is 54.2 Å². The zero-order chi connectivity index (χ0) is 36.0. The quantitative estimate of drug-likeness (QED) is 0.150. The molecule has 52 heavy (non-hydrogen) atoms. The number of carbonyl (C=O) groups is 2. The summed E-state index contributed by atoms with van der Waals surface area (Å²) in [4.78, 5) is 56.1. The Morgan fingerprint density at radius 1 is 0.942 bits per heavy atom. The molecule has 5 heterocycles. The van der Waals surface area contributed by atoms with Crippen LogP contribution >= 0.6 is 0 Å². The van der Waals surface area contributed by atoms with E-state index in [4.69, 9.17) is 9.97 Å². The number of aliphatic hydroxyl groups is 1. The smallest absolute Gasteiger partial charge is 0.278 e. The second kappa shape index (κ2) is 13.4. The number of carbonyl (C=O) groups excluding carboxylic acids is 2. The Balaban J connectivity index is 0.960. The van der Waals surface area contributed by atoms with Gasteiger partial charge in [-0.2, -0.15) is 4.98 Å². The van der Waals surface area contributed by atoms with E-state index in [1.807, 2.05) is 43.3 Å². The summed E-state index contributed by atoms with van der Waals surface area (Å²) in [6, 6.07) is 20.1. The molecular weight excluding hydrogens is 658 g/mol. The molecule has 2 amide bonds. The number of nitrogens with one attached hydrogen (secondary N) is 2. The van der Waals surface area contributed by atoms with Crippen molar-refractivity contribution >= 4 is 45.9 Å². The third-order valence-corrected chi connectivity index (χ3v) is 10.7. The molecule has 0 bridgehead atoms. The second-order valence-electron chi connectivity index (χ2n) is 13.7. The Hall–Kier alpha value is -5.82. The zero-order valence-corrected chi connectivity index (χ0v) is 29.1. The fourth-order valence-electron chi connectivity index (χ4n) is 7.65. The molecule has 266 valence electrons. The number of fused-ring (bicyclic) bond motifs is 2. The molecule has 2 aliphatic heterocycles. The summed E-state index contributed by atoms with van der Waals surface area (Å²) >= 11 is 0. The number of amides is 2. The monoisotopic (exact) mass is 699 g/mol. The molecule has 2 aromatic carbocycles. The number of benzene rings is 2. The molecule has 0 saturated carbocycles.